The van der Waals surface area contributed by atoms with Gasteiger partial charge in [-0.1, -0.05) is 45.6 Å². The fourth-order valence-corrected chi connectivity index (χ4v) is 3.07. The molecule has 10 heteroatoms. The van der Waals surface area contributed by atoms with E-state index in [1.165, 1.54) is 0 Å². The zero-order chi connectivity index (χ0) is 19.0. The first-order valence-electron chi connectivity index (χ1n) is 7.53. The molecule has 0 unspecified atom stereocenters. The van der Waals surface area contributed by atoms with Crippen molar-refractivity contribution in [3.05, 3.63) is 12.2 Å². The molecule has 0 amide bonds. The van der Waals surface area contributed by atoms with E-state index in [0.29, 0.717) is 11.1 Å². The van der Waals surface area contributed by atoms with Crippen LogP contribution in [0.25, 0.3) is 0 Å². The molecule has 0 spiro atoms. The third-order valence-corrected chi connectivity index (χ3v) is 4.64. The highest BCUT2D eigenvalue weighted by molar-refractivity contribution is 7.89. The highest BCUT2D eigenvalue weighted by Crippen LogP contribution is 2.37. The van der Waals surface area contributed by atoms with E-state index in [4.69, 9.17) is 5.11 Å². The van der Waals surface area contributed by atoms with Crippen molar-refractivity contribution in [2.24, 2.45) is 0 Å². The highest BCUT2D eigenvalue weighted by atomic mass is 32.2. The fourth-order valence-electron chi connectivity index (χ4n) is 1.85. The number of unbranched alkanes of at least 4 members (excludes halogenated alkanes) is 5. The maximum atomic E-state index is 13.5. The molecule has 142 valence electrons. The molecule has 0 aliphatic carbocycles. The molecule has 24 heavy (non-hydrogen) atoms. The summed E-state index contributed by atoms with van der Waals surface area (Å²) in [5, 5.41) is 8.43. The summed E-state index contributed by atoms with van der Waals surface area (Å²) in [7, 11) is -4.63. The summed E-state index contributed by atoms with van der Waals surface area (Å²) in [4.78, 5) is 10.4. The van der Waals surface area contributed by atoms with Gasteiger partial charge in [-0.15, -0.1) is 4.72 Å². The van der Waals surface area contributed by atoms with E-state index in [9.17, 15) is 30.8 Å². The Morgan fingerprint density at radius 1 is 1.08 bits per heavy atom. The topological polar surface area (TPSA) is 83.5 Å². The maximum absolute atomic E-state index is 13.5. The van der Waals surface area contributed by atoms with Gasteiger partial charge in [-0.25, -0.2) is 13.2 Å². The number of carboxylic acids is 1. The zero-order valence-electron chi connectivity index (χ0n) is 13.5. The molecule has 0 fully saturated rings. The third kappa shape index (κ3) is 8.09. The first kappa shape index (κ1) is 22.8. The maximum Gasteiger partial charge on any atom is 0.377 e. The van der Waals surface area contributed by atoms with Gasteiger partial charge in [0.2, 0.25) is 10.0 Å². The van der Waals surface area contributed by atoms with Gasteiger partial charge in [-0.2, -0.15) is 17.6 Å². The van der Waals surface area contributed by atoms with Gasteiger partial charge >= 0.3 is 17.9 Å². The van der Waals surface area contributed by atoms with Crippen molar-refractivity contribution in [2.45, 2.75) is 63.8 Å². The normalized spacial score (nSPS) is 13.0. The van der Waals surface area contributed by atoms with Crippen LogP contribution in [0.15, 0.2) is 12.2 Å². The Morgan fingerprint density at radius 3 is 2.08 bits per heavy atom. The molecule has 0 aliphatic rings. The quantitative estimate of drug-likeness (QED) is 0.223. The minimum absolute atomic E-state index is 0.0720. The van der Waals surface area contributed by atoms with E-state index >= 15 is 0 Å². The number of carbonyl (C=O) groups is 1. The summed E-state index contributed by atoms with van der Waals surface area (Å²) in [6.07, 6.45) is 2.27. The van der Waals surface area contributed by atoms with E-state index in [0.717, 1.165) is 25.7 Å². The molecule has 0 rings (SSSR count). The number of hydrogen-bond donors (Lipinski definition) is 2. The largest absolute Gasteiger partial charge is 0.478 e. The van der Waals surface area contributed by atoms with Gasteiger partial charge in [0.15, 0.2) is 0 Å². The lowest BCUT2D eigenvalue weighted by Gasteiger charge is -2.26. The smallest absolute Gasteiger partial charge is 0.377 e. The zero-order valence-corrected chi connectivity index (χ0v) is 14.3. The van der Waals surface area contributed by atoms with Crippen LogP contribution < -0.4 is 4.72 Å². The van der Waals surface area contributed by atoms with Crippen molar-refractivity contribution in [1.82, 2.24) is 4.72 Å². The molecule has 0 saturated carbocycles. The van der Waals surface area contributed by atoms with Gasteiger partial charge in [0, 0.05) is 5.57 Å². The van der Waals surface area contributed by atoms with Crippen LogP contribution in [0.2, 0.25) is 0 Å². The molecule has 0 aromatic carbocycles. The summed E-state index contributed by atoms with van der Waals surface area (Å²) in [5.74, 6) is -7.47. The van der Waals surface area contributed by atoms with Crippen LogP contribution in [0.3, 0.4) is 0 Å². The Bertz CT molecular complexity index is 535. The SMILES string of the molecule is C=C(CC(F)(F)C(F)(F)NS(=O)(=O)CCCCCCCC)C(=O)O. The summed E-state index contributed by atoms with van der Waals surface area (Å²) in [6.45, 7) is 4.74. The van der Waals surface area contributed by atoms with Gasteiger partial charge in [0.1, 0.15) is 0 Å². The molecule has 0 atom stereocenters. The first-order chi connectivity index (χ1) is 10.8. The lowest BCUT2D eigenvalue weighted by molar-refractivity contribution is -0.214. The molecule has 0 bridgehead atoms. The van der Waals surface area contributed by atoms with Crippen LogP contribution in [-0.4, -0.2) is 37.2 Å². The standard InChI is InChI=1S/C14H23F4NO4S/c1-3-4-5-6-7-8-9-24(22,23)19-14(17,18)13(15,16)10-11(2)12(20)21/h19H,2-10H2,1H3,(H,20,21). The molecule has 2 N–H and O–H groups in total. The predicted octanol–water partition coefficient (Wildman–Crippen LogP) is 3.53. The molecule has 0 aromatic heterocycles. The van der Waals surface area contributed by atoms with E-state index < -0.39 is 45.7 Å². The van der Waals surface area contributed by atoms with Crippen LogP contribution in [0.1, 0.15) is 51.9 Å². The van der Waals surface area contributed by atoms with Crippen LogP contribution in [-0.2, 0) is 14.8 Å². The van der Waals surface area contributed by atoms with Gasteiger partial charge < -0.3 is 5.11 Å². The Hall–Kier alpha value is -1.16. The second kappa shape index (κ2) is 9.36. The number of halogens is 4. The van der Waals surface area contributed by atoms with E-state index in [2.05, 4.69) is 6.58 Å². The first-order valence-corrected chi connectivity index (χ1v) is 9.18. The molecule has 0 aliphatic heterocycles. The van der Waals surface area contributed by atoms with Crippen LogP contribution in [0, 0.1) is 0 Å². The monoisotopic (exact) mass is 377 g/mol. The Kier molecular flexibility index (Phi) is 8.90. The summed E-state index contributed by atoms with van der Waals surface area (Å²) in [6, 6.07) is -5.10. The summed E-state index contributed by atoms with van der Waals surface area (Å²) in [5.41, 5.74) is -1.14. The molecule has 0 saturated heterocycles. The Morgan fingerprint density at radius 2 is 1.58 bits per heavy atom. The van der Waals surface area contributed by atoms with Crippen LogP contribution in [0.5, 0.6) is 0 Å². The van der Waals surface area contributed by atoms with Crippen molar-refractivity contribution >= 4 is 16.0 Å². The van der Waals surface area contributed by atoms with Gasteiger partial charge in [-0.3, -0.25) is 0 Å². The lowest BCUT2D eigenvalue weighted by atomic mass is 10.1. The lowest BCUT2D eigenvalue weighted by Crippen LogP contribution is -2.54. The number of aliphatic carboxylic acids is 1. The average molecular weight is 377 g/mol. The van der Waals surface area contributed by atoms with Crippen LogP contribution >= 0.6 is 0 Å². The van der Waals surface area contributed by atoms with E-state index in [1.54, 1.807) is 0 Å². The van der Waals surface area contributed by atoms with Gasteiger partial charge in [0.25, 0.3) is 0 Å². The molecule has 0 aromatic rings. The summed E-state index contributed by atoms with van der Waals surface area (Å²) >= 11 is 0. The van der Waals surface area contributed by atoms with Gasteiger partial charge in [0.05, 0.1) is 12.2 Å². The van der Waals surface area contributed by atoms with Gasteiger partial charge in [-0.05, 0) is 6.42 Å². The predicted molar refractivity (Wildman–Crippen MR) is 81.6 cm³/mol. The minimum atomic E-state index is -5.10. The van der Waals surface area contributed by atoms with Crippen molar-refractivity contribution in [1.29, 1.82) is 0 Å². The number of alkyl halides is 4. The van der Waals surface area contributed by atoms with Crippen molar-refractivity contribution in [2.75, 3.05) is 5.75 Å². The van der Waals surface area contributed by atoms with Crippen molar-refractivity contribution in [3.8, 4) is 0 Å². The fraction of sp³-hybridized carbons (Fsp3) is 0.786. The molecular weight excluding hydrogens is 354 g/mol. The van der Waals surface area contributed by atoms with E-state index in [1.807, 2.05) is 6.92 Å². The second-order valence-electron chi connectivity index (χ2n) is 5.55. The third-order valence-electron chi connectivity index (χ3n) is 3.25. The second-order valence-corrected chi connectivity index (χ2v) is 7.39. The Labute approximate surface area is 139 Å². The molecular formula is C14H23F4NO4S. The number of carboxylic acid groups (broad SMARTS) is 1. The average Bonchev–Trinajstić information content (AvgIpc) is 2.40. The number of sulfonamides is 1. The molecule has 0 radical (unpaired) electrons. The minimum Gasteiger partial charge on any atom is -0.478 e. The number of nitrogens with one attached hydrogen (secondary N) is 1. The molecule has 5 nitrogen and oxygen atoms in total. The van der Waals surface area contributed by atoms with Crippen LogP contribution in [0.4, 0.5) is 17.6 Å². The highest BCUT2D eigenvalue weighted by Gasteiger charge is 2.58. The van der Waals surface area contributed by atoms with Crippen molar-refractivity contribution in [3.63, 3.8) is 0 Å². The number of hydrogen-bond acceptors (Lipinski definition) is 3. The van der Waals surface area contributed by atoms with Crippen molar-refractivity contribution < 1.29 is 35.9 Å². The van der Waals surface area contributed by atoms with E-state index in [-0.39, 0.29) is 6.42 Å². The Balaban J connectivity index is 4.64. The molecule has 0 heterocycles. The number of rotatable bonds is 13. The summed E-state index contributed by atoms with van der Waals surface area (Å²) < 4.78 is 77.7.